The molecule has 0 amide bonds. The van der Waals surface area contributed by atoms with Gasteiger partial charge in [0, 0.05) is 17.2 Å². The lowest BCUT2D eigenvalue weighted by molar-refractivity contribution is 0.415. The van der Waals surface area contributed by atoms with E-state index in [1.807, 2.05) is 6.07 Å². The lowest BCUT2D eigenvalue weighted by Gasteiger charge is -2.14. The molecule has 0 fully saturated rings. The highest BCUT2D eigenvalue weighted by molar-refractivity contribution is 5.75. The third kappa shape index (κ3) is 3.05. The number of aryl methyl sites for hydroxylation is 2. The van der Waals surface area contributed by atoms with Gasteiger partial charge in [0.15, 0.2) is 0 Å². The standard InChI is InChI=1S/C17H23NO2/c1-11(2)18-10-16-14(6-7-20-16)17-13(4)8-12(3)9-15(17)19-5/h6-9,11,18H,10H2,1-5H3. The molecule has 1 aromatic carbocycles. The Balaban J connectivity index is 2.44. The maximum Gasteiger partial charge on any atom is 0.127 e. The summed E-state index contributed by atoms with van der Waals surface area (Å²) in [4.78, 5) is 0. The maximum absolute atomic E-state index is 5.64. The minimum Gasteiger partial charge on any atom is -0.496 e. The van der Waals surface area contributed by atoms with Crippen LogP contribution in [-0.4, -0.2) is 13.2 Å². The molecule has 1 N–H and O–H groups in total. The Hall–Kier alpha value is -1.74. The molecule has 0 aliphatic carbocycles. The van der Waals surface area contributed by atoms with Gasteiger partial charge in [-0.3, -0.25) is 0 Å². The fraction of sp³-hybridized carbons (Fsp3) is 0.412. The summed E-state index contributed by atoms with van der Waals surface area (Å²) in [5.74, 6) is 1.85. The first-order valence-electron chi connectivity index (χ1n) is 6.98. The highest BCUT2D eigenvalue weighted by atomic mass is 16.5. The third-order valence-corrected chi connectivity index (χ3v) is 3.35. The summed E-state index contributed by atoms with van der Waals surface area (Å²) in [5, 5.41) is 3.39. The van der Waals surface area contributed by atoms with Crippen molar-refractivity contribution in [1.29, 1.82) is 0 Å². The van der Waals surface area contributed by atoms with Crippen LogP contribution in [0, 0.1) is 13.8 Å². The molecule has 0 bridgehead atoms. The Morgan fingerprint density at radius 2 is 2.00 bits per heavy atom. The van der Waals surface area contributed by atoms with Crippen LogP contribution in [0.5, 0.6) is 5.75 Å². The Kier molecular flexibility index (Phi) is 4.50. The zero-order chi connectivity index (χ0) is 14.7. The largest absolute Gasteiger partial charge is 0.496 e. The van der Waals surface area contributed by atoms with Gasteiger partial charge in [0.25, 0.3) is 0 Å². The van der Waals surface area contributed by atoms with E-state index in [-0.39, 0.29) is 0 Å². The van der Waals surface area contributed by atoms with Crippen molar-refractivity contribution in [3.63, 3.8) is 0 Å². The van der Waals surface area contributed by atoms with Gasteiger partial charge in [0.05, 0.1) is 19.9 Å². The first kappa shape index (κ1) is 14.7. The second-order valence-electron chi connectivity index (χ2n) is 5.45. The number of benzene rings is 1. The van der Waals surface area contributed by atoms with Gasteiger partial charge in [-0.15, -0.1) is 0 Å². The Labute approximate surface area is 121 Å². The minimum atomic E-state index is 0.425. The second kappa shape index (κ2) is 6.14. The molecule has 0 spiro atoms. The number of methoxy groups -OCH3 is 1. The van der Waals surface area contributed by atoms with Crippen LogP contribution in [0.3, 0.4) is 0 Å². The lowest BCUT2D eigenvalue weighted by Crippen LogP contribution is -2.21. The van der Waals surface area contributed by atoms with Crippen molar-refractivity contribution in [3.05, 3.63) is 41.3 Å². The summed E-state index contributed by atoms with van der Waals surface area (Å²) in [6.07, 6.45) is 1.74. The number of ether oxygens (including phenoxy) is 1. The molecule has 1 heterocycles. The van der Waals surface area contributed by atoms with E-state index in [4.69, 9.17) is 9.15 Å². The van der Waals surface area contributed by atoms with Crippen LogP contribution in [0.2, 0.25) is 0 Å². The van der Waals surface area contributed by atoms with Crippen molar-refractivity contribution in [2.45, 2.75) is 40.3 Å². The Morgan fingerprint density at radius 3 is 2.65 bits per heavy atom. The van der Waals surface area contributed by atoms with E-state index in [1.165, 1.54) is 11.1 Å². The number of furan rings is 1. The molecular weight excluding hydrogens is 250 g/mol. The molecule has 0 saturated heterocycles. The van der Waals surface area contributed by atoms with Crippen molar-refractivity contribution in [3.8, 4) is 16.9 Å². The van der Waals surface area contributed by atoms with E-state index in [0.717, 1.165) is 29.2 Å². The molecule has 108 valence electrons. The molecular formula is C17H23NO2. The van der Waals surface area contributed by atoms with Gasteiger partial charge in [-0.2, -0.15) is 0 Å². The molecule has 3 heteroatoms. The van der Waals surface area contributed by atoms with Gasteiger partial charge in [-0.25, -0.2) is 0 Å². The monoisotopic (exact) mass is 273 g/mol. The molecule has 0 unspecified atom stereocenters. The van der Waals surface area contributed by atoms with Gasteiger partial charge in [-0.05, 0) is 37.1 Å². The Bertz CT molecular complexity index is 585. The highest BCUT2D eigenvalue weighted by Gasteiger charge is 2.16. The fourth-order valence-corrected chi connectivity index (χ4v) is 2.43. The average Bonchev–Trinajstić information content (AvgIpc) is 2.83. The summed E-state index contributed by atoms with van der Waals surface area (Å²) in [6.45, 7) is 9.16. The number of hydrogen-bond acceptors (Lipinski definition) is 3. The smallest absolute Gasteiger partial charge is 0.127 e. The van der Waals surface area contributed by atoms with Gasteiger partial charge in [-0.1, -0.05) is 19.9 Å². The highest BCUT2D eigenvalue weighted by Crippen LogP contribution is 2.36. The summed E-state index contributed by atoms with van der Waals surface area (Å²) in [7, 11) is 1.71. The van der Waals surface area contributed by atoms with Gasteiger partial charge >= 0.3 is 0 Å². The zero-order valence-corrected chi connectivity index (χ0v) is 12.9. The maximum atomic E-state index is 5.64. The van der Waals surface area contributed by atoms with E-state index in [2.05, 4.69) is 45.1 Å². The molecule has 0 aliphatic rings. The van der Waals surface area contributed by atoms with Crippen molar-refractivity contribution < 1.29 is 9.15 Å². The SMILES string of the molecule is COc1cc(C)cc(C)c1-c1ccoc1CNC(C)C. The van der Waals surface area contributed by atoms with E-state index in [0.29, 0.717) is 6.04 Å². The van der Waals surface area contributed by atoms with Crippen molar-refractivity contribution >= 4 is 0 Å². The predicted octanol–water partition coefficient (Wildman–Crippen LogP) is 4.07. The van der Waals surface area contributed by atoms with Crippen LogP contribution >= 0.6 is 0 Å². The predicted molar refractivity (Wildman–Crippen MR) is 82.1 cm³/mol. The lowest BCUT2D eigenvalue weighted by atomic mass is 9.97. The Morgan fingerprint density at radius 1 is 1.25 bits per heavy atom. The molecule has 1 aromatic heterocycles. The van der Waals surface area contributed by atoms with Crippen LogP contribution in [0.15, 0.2) is 28.9 Å². The van der Waals surface area contributed by atoms with Gasteiger partial charge in [0.1, 0.15) is 11.5 Å². The van der Waals surface area contributed by atoms with E-state index in [9.17, 15) is 0 Å². The van der Waals surface area contributed by atoms with Crippen LogP contribution in [0.1, 0.15) is 30.7 Å². The average molecular weight is 273 g/mol. The molecule has 2 rings (SSSR count). The molecule has 2 aromatic rings. The van der Waals surface area contributed by atoms with Crippen molar-refractivity contribution in [1.82, 2.24) is 5.32 Å². The molecule has 0 saturated carbocycles. The van der Waals surface area contributed by atoms with Crippen LogP contribution in [0.4, 0.5) is 0 Å². The molecule has 0 aliphatic heterocycles. The number of rotatable bonds is 5. The van der Waals surface area contributed by atoms with E-state index >= 15 is 0 Å². The summed E-state index contributed by atoms with van der Waals surface area (Å²) < 4.78 is 11.2. The molecule has 0 atom stereocenters. The third-order valence-electron chi connectivity index (χ3n) is 3.35. The van der Waals surface area contributed by atoms with E-state index < -0.39 is 0 Å². The summed E-state index contributed by atoms with van der Waals surface area (Å²) in [5.41, 5.74) is 4.63. The zero-order valence-electron chi connectivity index (χ0n) is 12.9. The first-order chi connectivity index (χ1) is 9.52. The topological polar surface area (TPSA) is 34.4 Å². The minimum absolute atomic E-state index is 0.425. The van der Waals surface area contributed by atoms with Crippen LogP contribution < -0.4 is 10.1 Å². The first-order valence-corrected chi connectivity index (χ1v) is 6.98. The quantitative estimate of drug-likeness (QED) is 0.891. The van der Waals surface area contributed by atoms with Gasteiger partial charge in [0.2, 0.25) is 0 Å². The second-order valence-corrected chi connectivity index (χ2v) is 5.45. The van der Waals surface area contributed by atoms with Crippen molar-refractivity contribution in [2.24, 2.45) is 0 Å². The normalized spacial score (nSPS) is 11.1. The molecule has 3 nitrogen and oxygen atoms in total. The summed E-state index contributed by atoms with van der Waals surface area (Å²) >= 11 is 0. The van der Waals surface area contributed by atoms with E-state index in [1.54, 1.807) is 13.4 Å². The number of hydrogen-bond donors (Lipinski definition) is 1. The summed E-state index contributed by atoms with van der Waals surface area (Å²) in [6, 6.07) is 6.67. The van der Waals surface area contributed by atoms with Crippen LogP contribution in [0.25, 0.3) is 11.1 Å². The van der Waals surface area contributed by atoms with Crippen LogP contribution in [-0.2, 0) is 6.54 Å². The number of nitrogens with one attached hydrogen (secondary N) is 1. The van der Waals surface area contributed by atoms with Crippen molar-refractivity contribution in [2.75, 3.05) is 7.11 Å². The molecule has 20 heavy (non-hydrogen) atoms. The fourth-order valence-electron chi connectivity index (χ4n) is 2.43. The molecule has 0 radical (unpaired) electrons. The van der Waals surface area contributed by atoms with Gasteiger partial charge < -0.3 is 14.5 Å².